The standard InChI is InChI=1S/C16H20OSi/c1-13-7-6-8-14(2)16(13)11-17-12-18-15-9-4-3-5-10-15/h3-10H,11-12,18H2,1-2H3. The van der Waals surface area contributed by atoms with E-state index in [1.54, 1.807) is 0 Å². The molecule has 0 spiro atoms. The van der Waals surface area contributed by atoms with Crippen molar-refractivity contribution < 1.29 is 4.74 Å². The Labute approximate surface area is 112 Å². The molecule has 2 aromatic carbocycles. The Kier molecular flexibility index (Phi) is 4.73. The topological polar surface area (TPSA) is 9.23 Å². The van der Waals surface area contributed by atoms with E-state index in [1.807, 2.05) is 0 Å². The highest BCUT2D eigenvalue weighted by molar-refractivity contribution is 6.53. The van der Waals surface area contributed by atoms with Crippen molar-refractivity contribution in [1.29, 1.82) is 0 Å². The van der Waals surface area contributed by atoms with Crippen molar-refractivity contribution in [1.82, 2.24) is 0 Å². The van der Waals surface area contributed by atoms with Crippen molar-refractivity contribution in [2.24, 2.45) is 0 Å². The molecule has 0 unspecified atom stereocenters. The zero-order valence-electron chi connectivity index (χ0n) is 11.1. The second-order valence-corrected chi connectivity index (χ2v) is 6.38. The van der Waals surface area contributed by atoms with Crippen molar-refractivity contribution in [2.75, 3.05) is 6.23 Å². The first-order chi connectivity index (χ1) is 8.77. The Morgan fingerprint density at radius 3 is 2.22 bits per heavy atom. The molecule has 94 valence electrons. The van der Waals surface area contributed by atoms with Crippen LogP contribution in [0.5, 0.6) is 0 Å². The molecular weight excluding hydrogens is 236 g/mol. The zero-order valence-corrected chi connectivity index (χ0v) is 12.6. The fourth-order valence-electron chi connectivity index (χ4n) is 2.09. The molecule has 0 saturated heterocycles. The smallest absolute Gasteiger partial charge is 0.0849 e. The van der Waals surface area contributed by atoms with Crippen LogP contribution in [0, 0.1) is 13.8 Å². The van der Waals surface area contributed by atoms with Gasteiger partial charge in [0.1, 0.15) is 0 Å². The lowest BCUT2D eigenvalue weighted by Gasteiger charge is -2.10. The molecule has 2 aromatic rings. The fourth-order valence-corrected chi connectivity index (χ4v) is 3.22. The van der Waals surface area contributed by atoms with E-state index in [2.05, 4.69) is 62.4 Å². The van der Waals surface area contributed by atoms with Gasteiger partial charge < -0.3 is 4.74 Å². The summed E-state index contributed by atoms with van der Waals surface area (Å²) in [5.74, 6) is 0. The summed E-state index contributed by atoms with van der Waals surface area (Å²) in [4.78, 5) is 0. The number of hydrogen-bond acceptors (Lipinski definition) is 1. The van der Waals surface area contributed by atoms with Gasteiger partial charge in [0, 0.05) is 6.23 Å². The summed E-state index contributed by atoms with van der Waals surface area (Å²) in [6, 6.07) is 17.1. The normalized spacial score (nSPS) is 11.2. The first-order valence-corrected chi connectivity index (χ1v) is 8.15. The molecule has 0 radical (unpaired) electrons. The molecule has 0 N–H and O–H groups in total. The quantitative estimate of drug-likeness (QED) is 0.589. The minimum Gasteiger partial charge on any atom is -0.380 e. The van der Waals surface area contributed by atoms with Gasteiger partial charge in [0.05, 0.1) is 16.1 Å². The number of benzene rings is 2. The molecule has 0 amide bonds. The van der Waals surface area contributed by atoms with E-state index in [4.69, 9.17) is 4.74 Å². The maximum absolute atomic E-state index is 5.85. The Morgan fingerprint density at radius 1 is 0.889 bits per heavy atom. The number of rotatable bonds is 5. The second kappa shape index (κ2) is 6.52. The van der Waals surface area contributed by atoms with Crippen LogP contribution in [-0.4, -0.2) is 15.7 Å². The van der Waals surface area contributed by atoms with Crippen LogP contribution < -0.4 is 5.19 Å². The molecule has 1 nitrogen and oxygen atoms in total. The van der Waals surface area contributed by atoms with Gasteiger partial charge in [-0.05, 0) is 30.5 Å². The van der Waals surface area contributed by atoms with Crippen LogP contribution >= 0.6 is 0 Å². The molecular formula is C16H20OSi. The van der Waals surface area contributed by atoms with Crippen LogP contribution in [0.2, 0.25) is 0 Å². The monoisotopic (exact) mass is 256 g/mol. The largest absolute Gasteiger partial charge is 0.380 e. The van der Waals surface area contributed by atoms with Gasteiger partial charge in [0.15, 0.2) is 0 Å². The molecule has 0 fully saturated rings. The maximum atomic E-state index is 5.85. The minimum absolute atomic E-state index is 0.274. The number of aryl methyl sites for hydroxylation is 2. The first-order valence-electron chi connectivity index (χ1n) is 6.44. The first kappa shape index (κ1) is 13.1. The van der Waals surface area contributed by atoms with Crippen LogP contribution in [0.1, 0.15) is 16.7 Å². The third-order valence-electron chi connectivity index (χ3n) is 3.27. The molecule has 0 aromatic heterocycles. The molecule has 0 aliphatic heterocycles. The van der Waals surface area contributed by atoms with E-state index in [0.29, 0.717) is 0 Å². The van der Waals surface area contributed by atoms with Crippen LogP contribution in [0.15, 0.2) is 48.5 Å². The van der Waals surface area contributed by atoms with Crippen molar-refractivity contribution >= 4 is 14.7 Å². The maximum Gasteiger partial charge on any atom is 0.0849 e. The summed E-state index contributed by atoms with van der Waals surface area (Å²) in [5.41, 5.74) is 4.01. The van der Waals surface area contributed by atoms with Gasteiger partial charge >= 0.3 is 0 Å². The highest BCUT2D eigenvalue weighted by atomic mass is 28.2. The van der Waals surface area contributed by atoms with Crippen LogP contribution in [0.4, 0.5) is 0 Å². The summed E-state index contributed by atoms with van der Waals surface area (Å²) in [6.07, 6.45) is 0.914. The highest BCUT2D eigenvalue weighted by Crippen LogP contribution is 2.13. The van der Waals surface area contributed by atoms with Crippen molar-refractivity contribution in [3.8, 4) is 0 Å². The molecule has 0 bridgehead atoms. The third kappa shape index (κ3) is 3.55. The molecule has 0 aliphatic rings. The van der Waals surface area contributed by atoms with E-state index in [9.17, 15) is 0 Å². The van der Waals surface area contributed by atoms with E-state index in [1.165, 1.54) is 21.9 Å². The lowest BCUT2D eigenvalue weighted by atomic mass is 10.0. The fraction of sp³-hybridized carbons (Fsp3) is 0.250. The van der Waals surface area contributed by atoms with Gasteiger partial charge in [-0.25, -0.2) is 0 Å². The third-order valence-corrected chi connectivity index (χ3v) is 4.81. The van der Waals surface area contributed by atoms with Crippen LogP contribution in [0.25, 0.3) is 0 Å². The minimum atomic E-state index is -0.274. The average molecular weight is 256 g/mol. The van der Waals surface area contributed by atoms with E-state index in [-0.39, 0.29) is 9.52 Å². The van der Waals surface area contributed by atoms with Gasteiger partial charge in [0.25, 0.3) is 0 Å². The number of ether oxygens (including phenoxy) is 1. The Morgan fingerprint density at radius 2 is 1.56 bits per heavy atom. The Hall–Kier alpha value is -1.38. The molecule has 0 saturated carbocycles. The summed E-state index contributed by atoms with van der Waals surface area (Å²) in [6.45, 7) is 5.05. The van der Waals surface area contributed by atoms with Gasteiger partial charge in [0.2, 0.25) is 0 Å². The SMILES string of the molecule is Cc1cccc(C)c1COC[SiH2]c1ccccc1. The van der Waals surface area contributed by atoms with Crippen molar-refractivity contribution in [2.45, 2.75) is 20.5 Å². The predicted octanol–water partition coefficient (Wildman–Crippen LogP) is 2.27. The predicted molar refractivity (Wildman–Crippen MR) is 80.2 cm³/mol. The van der Waals surface area contributed by atoms with Gasteiger partial charge in [-0.3, -0.25) is 0 Å². The van der Waals surface area contributed by atoms with Gasteiger partial charge in [-0.1, -0.05) is 53.7 Å². The van der Waals surface area contributed by atoms with Crippen LogP contribution in [-0.2, 0) is 11.3 Å². The van der Waals surface area contributed by atoms with E-state index in [0.717, 1.165) is 12.8 Å². The second-order valence-electron chi connectivity index (χ2n) is 4.66. The van der Waals surface area contributed by atoms with Gasteiger partial charge in [-0.2, -0.15) is 0 Å². The molecule has 0 aliphatic carbocycles. The molecule has 0 heterocycles. The zero-order chi connectivity index (χ0) is 12.8. The van der Waals surface area contributed by atoms with Crippen molar-refractivity contribution in [3.05, 3.63) is 65.2 Å². The molecule has 0 atom stereocenters. The molecule has 2 rings (SSSR count). The summed E-state index contributed by atoms with van der Waals surface area (Å²) in [7, 11) is -0.274. The molecule has 18 heavy (non-hydrogen) atoms. The van der Waals surface area contributed by atoms with Crippen molar-refractivity contribution in [3.63, 3.8) is 0 Å². The van der Waals surface area contributed by atoms with E-state index >= 15 is 0 Å². The summed E-state index contributed by atoms with van der Waals surface area (Å²) < 4.78 is 5.85. The lowest BCUT2D eigenvalue weighted by Crippen LogP contribution is -2.19. The number of hydrogen-bond donors (Lipinski definition) is 0. The highest BCUT2D eigenvalue weighted by Gasteiger charge is 2.02. The van der Waals surface area contributed by atoms with E-state index < -0.39 is 0 Å². The Balaban J connectivity index is 1.82. The molecule has 2 heteroatoms. The summed E-state index contributed by atoms with van der Waals surface area (Å²) >= 11 is 0. The van der Waals surface area contributed by atoms with Crippen LogP contribution in [0.3, 0.4) is 0 Å². The lowest BCUT2D eigenvalue weighted by molar-refractivity contribution is 0.163. The Bertz CT molecular complexity index is 473. The summed E-state index contributed by atoms with van der Waals surface area (Å²) in [5, 5.41) is 1.47. The average Bonchev–Trinajstić information content (AvgIpc) is 2.38. The van der Waals surface area contributed by atoms with Gasteiger partial charge in [-0.15, -0.1) is 0 Å².